The van der Waals surface area contributed by atoms with Crippen LogP contribution in [0.15, 0.2) is 72.8 Å². The summed E-state index contributed by atoms with van der Waals surface area (Å²) in [4.78, 5) is 23.3. The Morgan fingerprint density at radius 1 is 1.16 bits per heavy atom. The number of anilines is 1. The molecule has 0 aromatic heterocycles. The van der Waals surface area contributed by atoms with Gasteiger partial charge in [-0.3, -0.25) is 4.79 Å². The Labute approximate surface area is 186 Å². The maximum Gasteiger partial charge on any atom is 0.335 e. The molecule has 0 bridgehead atoms. The highest BCUT2D eigenvalue weighted by atomic mass is 35.5. The van der Waals surface area contributed by atoms with E-state index in [-0.39, 0.29) is 11.1 Å². The third-order valence-electron chi connectivity index (χ3n) is 5.13. The van der Waals surface area contributed by atoms with Crippen molar-refractivity contribution in [3.63, 3.8) is 0 Å². The van der Waals surface area contributed by atoms with Crippen molar-refractivity contribution in [1.82, 2.24) is 0 Å². The first-order chi connectivity index (χ1) is 14.8. The number of rotatable bonds is 8. The number of nitrogens with one attached hydrogen (secondary N) is 1. The molecule has 1 atom stereocenters. The van der Waals surface area contributed by atoms with Crippen LogP contribution in [0, 0.1) is 0 Å². The predicted molar refractivity (Wildman–Crippen MR) is 123 cm³/mol. The summed E-state index contributed by atoms with van der Waals surface area (Å²) in [7, 11) is 0. The van der Waals surface area contributed by atoms with E-state index in [2.05, 4.69) is 18.0 Å². The standard InChI is InChI=1S/C25H24ClNO4/c1-3-16(22-14-19(26)10-13-21(22)17-6-7-17)5-4-15(2)23(28)24(29)27-20-11-8-18(9-12-20)25(30)31/h3-5,8-14,17,23,28H,2,6-7H2,1H3,(H,27,29)(H,30,31)/b5-4-,16-3+. The van der Waals surface area contributed by atoms with Gasteiger partial charge in [0.25, 0.3) is 5.91 Å². The van der Waals surface area contributed by atoms with Crippen LogP contribution in [-0.2, 0) is 4.79 Å². The number of aromatic carboxylic acids is 1. The molecule has 3 N–H and O–H groups in total. The van der Waals surface area contributed by atoms with Crippen LogP contribution in [0.2, 0.25) is 5.02 Å². The Hall–Kier alpha value is -3.15. The molecular formula is C25H24ClNO4. The number of carboxylic acids is 1. The molecule has 1 aliphatic rings. The van der Waals surface area contributed by atoms with Gasteiger partial charge in [0.15, 0.2) is 6.10 Å². The number of benzene rings is 2. The van der Waals surface area contributed by atoms with E-state index >= 15 is 0 Å². The number of aliphatic hydroxyl groups is 1. The number of aliphatic hydroxyl groups excluding tert-OH is 1. The number of carbonyl (C=O) groups is 2. The van der Waals surface area contributed by atoms with Crippen molar-refractivity contribution in [2.75, 3.05) is 5.32 Å². The molecule has 0 spiro atoms. The number of hydrogen-bond donors (Lipinski definition) is 3. The van der Waals surface area contributed by atoms with Gasteiger partial charge in [0.2, 0.25) is 0 Å². The highest BCUT2D eigenvalue weighted by Crippen LogP contribution is 2.44. The van der Waals surface area contributed by atoms with Crippen LogP contribution in [0.1, 0.15) is 47.2 Å². The summed E-state index contributed by atoms with van der Waals surface area (Å²) in [6.07, 6.45) is 6.26. The zero-order chi connectivity index (χ0) is 22.5. The summed E-state index contributed by atoms with van der Waals surface area (Å²) in [6.45, 7) is 5.73. The SMILES string of the molecule is C=C(/C=C\C(=C/C)c1cc(Cl)ccc1C1CC1)C(O)C(=O)Nc1ccc(C(=O)O)cc1. The third-order valence-corrected chi connectivity index (χ3v) is 5.37. The number of halogens is 1. The van der Waals surface area contributed by atoms with Crippen LogP contribution in [0.3, 0.4) is 0 Å². The van der Waals surface area contributed by atoms with Gasteiger partial charge in [0.05, 0.1) is 5.56 Å². The van der Waals surface area contributed by atoms with Gasteiger partial charge < -0.3 is 15.5 Å². The lowest BCUT2D eigenvalue weighted by molar-refractivity contribution is -0.122. The summed E-state index contributed by atoms with van der Waals surface area (Å²) in [5.74, 6) is -1.16. The molecule has 1 saturated carbocycles. The molecule has 0 aliphatic heterocycles. The first kappa shape index (κ1) is 22.5. The van der Waals surface area contributed by atoms with E-state index in [9.17, 15) is 14.7 Å². The molecule has 3 rings (SSSR count). The first-order valence-corrected chi connectivity index (χ1v) is 10.3. The lowest BCUT2D eigenvalue weighted by Gasteiger charge is -2.13. The molecular weight excluding hydrogens is 414 g/mol. The molecule has 1 fully saturated rings. The van der Waals surface area contributed by atoms with Gasteiger partial charge in [-0.15, -0.1) is 0 Å². The Kier molecular flexibility index (Phi) is 7.10. The second kappa shape index (κ2) is 9.77. The van der Waals surface area contributed by atoms with Crippen LogP contribution in [0.4, 0.5) is 5.69 Å². The number of carboxylic acid groups (broad SMARTS) is 1. The summed E-state index contributed by atoms with van der Waals surface area (Å²) in [5, 5.41) is 22.5. The predicted octanol–water partition coefficient (Wildman–Crippen LogP) is 5.43. The van der Waals surface area contributed by atoms with Crippen molar-refractivity contribution in [1.29, 1.82) is 0 Å². The van der Waals surface area contributed by atoms with E-state index in [1.54, 1.807) is 6.08 Å². The van der Waals surface area contributed by atoms with Crippen LogP contribution in [-0.4, -0.2) is 28.2 Å². The van der Waals surface area contributed by atoms with Gasteiger partial charge in [-0.25, -0.2) is 4.79 Å². The molecule has 0 heterocycles. The summed E-state index contributed by atoms with van der Waals surface area (Å²) in [5.41, 5.74) is 3.94. The Morgan fingerprint density at radius 2 is 1.84 bits per heavy atom. The van der Waals surface area contributed by atoms with E-state index in [1.165, 1.54) is 29.8 Å². The van der Waals surface area contributed by atoms with E-state index in [0.29, 0.717) is 16.6 Å². The number of carbonyl (C=O) groups excluding carboxylic acids is 1. The largest absolute Gasteiger partial charge is 0.478 e. The van der Waals surface area contributed by atoms with Crippen molar-refractivity contribution in [3.8, 4) is 0 Å². The number of allylic oxidation sites excluding steroid dienone is 3. The van der Waals surface area contributed by atoms with Crippen molar-refractivity contribution < 1.29 is 19.8 Å². The van der Waals surface area contributed by atoms with Gasteiger partial charge in [-0.2, -0.15) is 0 Å². The van der Waals surface area contributed by atoms with E-state index in [1.807, 2.05) is 31.2 Å². The second-order valence-corrected chi connectivity index (χ2v) is 7.87. The van der Waals surface area contributed by atoms with E-state index in [4.69, 9.17) is 16.7 Å². The molecule has 5 nitrogen and oxygen atoms in total. The molecule has 1 unspecified atom stereocenters. The minimum absolute atomic E-state index is 0.108. The third kappa shape index (κ3) is 5.72. The van der Waals surface area contributed by atoms with E-state index in [0.717, 1.165) is 24.0 Å². The lowest BCUT2D eigenvalue weighted by atomic mass is 9.95. The fourth-order valence-electron chi connectivity index (χ4n) is 3.23. The van der Waals surface area contributed by atoms with E-state index < -0.39 is 18.0 Å². The molecule has 2 aromatic carbocycles. The average molecular weight is 438 g/mol. The normalized spacial score (nSPS) is 15.0. The van der Waals surface area contributed by atoms with Crippen molar-refractivity contribution in [2.45, 2.75) is 31.8 Å². The lowest BCUT2D eigenvalue weighted by Crippen LogP contribution is -2.28. The first-order valence-electron chi connectivity index (χ1n) is 9.95. The Bertz CT molecular complexity index is 1070. The molecule has 1 amide bonds. The Balaban J connectivity index is 1.68. The monoisotopic (exact) mass is 437 g/mol. The van der Waals surface area contributed by atoms with Crippen molar-refractivity contribution >= 4 is 34.7 Å². The molecule has 160 valence electrons. The van der Waals surface area contributed by atoms with Crippen LogP contribution < -0.4 is 5.32 Å². The molecule has 2 aromatic rings. The zero-order valence-electron chi connectivity index (χ0n) is 17.1. The maximum absolute atomic E-state index is 12.3. The molecule has 0 saturated heterocycles. The molecule has 1 aliphatic carbocycles. The van der Waals surface area contributed by atoms with Crippen LogP contribution >= 0.6 is 11.6 Å². The zero-order valence-corrected chi connectivity index (χ0v) is 17.9. The minimum Gasteiger partial charge on any atom is -0.478 e. The molecule has 6 heteroatoms. The van der Waals surface area contributed by atoms with Gasteiger partial charge in [-0.1, -0.05) is 42.5 Å². The highest BCUT2D eigenvalue weighted by molar-refractivity contribution is 6.30. The fraction of sp³-hybridized carbons (Fsp3) is 0.200. The second-order valence-electron chi connectivity index (χ2n) is 7.43. The minimum atomic E-state index is -1.45. The number of amides is 1. The summed E-state index contributed by atoms with van der Waals surface area (Å²) < 4.78 is 0. The van der Waals surface area contributed by atoms with Crippen molar-refractivity contribution in [2.24, 2.45) is 0 Å². The van der Waals surface area contributed by atoms with Gasteiger partial charge in [-0.05, 0) is 84.4 Å². The van der Waals surface area contributed by atoms with Crippen molar-refractivity contribution in [3.05, 3.63) is 94.6 Å². The molecule has 31 heavy (non-hydrogen) atoms. The van der Waals surface area contributed by atoms with Crippen LogP contribution in [0.25, 0.3) is 5.57 Å². The fourth-order valence-corrected chi connectivity index (χ4v) is 3.41. The average Bonchev–Trinajstić information content (AvgIpc) is 3.59. The quantitative estimate of drug-likeness (QED) is 0.480. The highest BCUT2D eigenvalue weighted by Gasteiger charge is 2.26. The topological polar surface area (TPSA) is 86.6 Å². The Morgan fingerprint density at radius 3 is 2.42 bits per heavy atom. The van der Waals surface area contributed by atoms with Crippen LogP contribution in [0.5, 0.6) is 0 Å². The number of hydrogen-bond acceptors (Lipinski definition) is 3. The maximum atomic E-state index is 12.3. The molecule has 0 radical (unpaired) electrons. The van der Waals surface area contributed by atoms with Gasteiger partial charge in [0.1, 0.15) is 0 Å². The van der Waals surface area contributed by atoms with Gasteiger partial charge >= 0.3 is 5.97 Å². The summed E-state index contributed by atoms with van der Waals surface area (Å²) >= 11 is 6.21. The van der Waals surface area contributed by atoms with Gasteiger partial charge in [0, 0.05) is 10.7 Å². The smallest absolute Gasteiger partial charge is 0.335 e. The summed E-state index contributed by atoms with van der Waals surface area (Å²) in [6, 6.07) is 11.6.